The zero-order chi connectivity index (χ0) is 20.2. The van der Waals surface area contributed by atoms with Gasteiger partial charge in [-0.1, -0.05) is 24.3 Å². The molecule has 0 spiro atoms. The van der Waals surface area contributed by atoms with Crippen LogP contribution < -0.4 is 5.32 Å². The highest BCUT2D eigenvalue weighted by atomic mass is 19.1. The number of benzene rings is 2. The number of phenols is 1. The van der Waals surface area contributed by atoms with Crippen LogP contribution >= 0.6 is 0 Å². The maximum Gasteiger partial charge on any atom is 0.231 e. The summed E-state index contributed by atoms with van der Waals surface area (Å²) in [7, 11) is 0. The van der Waals surface area contributed by atoms with Crippen LogP contribution in [0.5, 0.6) is 5.75 Å². The molecule has 144 valence electrons. The third-order valence-electron chi connectivity index (χ3n) is 4.23. The van der Waals surface area contributed by atoms with E-state index in [4.69, 9.17) is 4.42 Å². The van der Waals surface area contributed by atoms with E-state index in [1.807, 2.05) is 30.3 Å². The van der Waals surface area contributed by atoms with Crippen molar-refractivity contribution in [1.82, 2.24) is 9.97 Å². The maximum atomic E-state index is 13.1. The minimum atomic E-state index is -0.576. The first-order valence-electron chi connectivity index (χ1n) is 8.84. The van der Waals surface area contributed by atoms with Crippen LogP contribution in [0.15, 0.2) is 77.5 Å². The van der Waals surface area contributed by atoms with Crippen LogP contribution in [-0.2, 0) is 11.2 Å². The van der Waals surface area contributed by atoms with Crippen molar-refractivity contribution >= 4 is 11.8 Å². The largest absolute Gasteiger partial charge is 0.508 e. The molecule has 0 aliphatic rings. The molecule has 0 bridgehead atoms. The van der Waals surface area contributed by atoms with Crippen LogP contribution in [0.4, 0.5) is 10.3 Å². The lowest BCUT2D eigenvalue weighted by Gasteiger charge is -2.06. The van der Waals surface area contributed by atoms with E-state index >= 15 is 0 Å². The molecule has 0 radical (unpaired) electrons. The lowest BCUT2D eigenvalue weighted by atomic mass is 10.1. The minimum Gasteiger partial charge on any atom is -0.508 e. The van der Waals surface area contributed by atoms with E-state index in [-0.39, 0.29) is 18.1 Å². The molecule has 2 heterocycles. The highest BCUT2D eigenvalue weighted by Crippen LogP contribution is 2.32. The summed E-state index contributed by atoms with van der Waals surface area (Å²) in [6, 6.07) is 16.4. The number of nitrogens with zero attached hydrogens (tertiary/aromatic N) is 2. The molecule has 0 aliphatic carbocycles. The Morgan fingerprint density at radius 2 is 1.86 bits per heavy atom. The van der Waals surface area contributed by atoms with Crippen molar-refractivity contribution in [3.8, 4) is 28.5 Å². The summed E-state index contributed by atoms with van der Waals surface area (Å²) in [5.74, 6) is -0.774. The number of hydrogen-bond donors (Lipinski definition) is 2. The fourth-order valence-electron chi connectivity index (χ4n) is 2.84. The van der Waals surface area contributed by atoms with E-state index in [0.717, 1.165) is 11.6 Å². The van der Waals surface area contributed by atoms with Crippen molar-refractivity contribution in [2.45, 2.75) is 6.42 Å². The van der Waals surface area contributed by atoms with Gasteiger partial charge in [0.1, 0.15) is 17.3 Å². The predicted molar refractivity (Wildman–Crippen MR) is 106 cm³/mol. The number of hydrogen-bond acceptors (Lipinski definition) is 5. The summed E-state index contributed by atoms with van der Waals surface area (Å²) in [5.41, 5.74) is 2.18. The van der Waals surface area contributed by atoms with Gasteiger partial charge in [-0.15, -0.1) is 0 Å². The van der Waals surface area contributed by atoms with Gasteiger partial charge in [0, 0.05) is 35.2 Å². The number of carbonyl (C=O) groups excluding carboxylic acids is 1. The van der Waals surface area contributed by atoms with Gasteiger partial charge < -0.3 is 9.52 Å². The van der Waals surface area contributed by atoms with Gasteiger partial charge in [0.25, 0.3) is 0 Å². The Labute approximate surface area is 165 Å². The zero-order valence-corrected chi connectivity index (χ0v) is 15.2. The Morgan fingerprint density at radius 1 is 1.07 bits per heavy atom. The molecule has 0 saturated heterocycles. The Balaban J connectivity index is 1.65. The molecule has 1 amide bonds. The average Bonchev–Trinajstić information content (AvgIpc) is 3.15. The van der Waals surface area contributed by atoms with Gasteiger partial charge in [-0.2, -0.15) is 0 Å². The monoisotopic (exact) mass is 389 g/mol. The third-order valence-corrected chi connectivity index (χ3v) is 4.23. The Hall–Kier alpha value is -4.00. The topological polar surface area (TPSA) is 88.2 Å². The number of pyridine rings is 1. The Kier molecular flexibility index (Phi) is 5.03. The van der Waals surface area contributed by atoms with E-state index in [2.05, 4.69) is 15.3 Å². The van der Waals surface area contributed by atoms with Gasteiger partial charge in [0.05, 0.1) is 6.42 Å². The molecule has 2 aromatic heterocycles. The number of halogens is 1. The number of anilines is 1. The SMILES string of the molecule is O=C(Cc1ccc(F)cc1O)Nc1oc(-c2ccccc2)nc1-c1cccnc1. The molecule has 7 heteroatoms. The smallest absolute Gasteiger partial charge is 0.231 e. The molecule has 29 heavy (non-hydrogen) atoms. The number of oxazole rings is 1. The minimum absolute atomic E-state index is 0.153. The molecule has 0 atom stereocenters. The van der Waals surface area contributed by atoms with E-state index in [1.54, 1.807) is 24.5 Å². The zero-order valence-electron chi connectivity index (χ0n) is 15.2. The fourth-order valence-corrected chi connectivity index (χ4v) is 2.84. The first-order valence-corrected chi connectivity index (χ1v) is 8.84. The Morgan fingerprint density at radius 3 is 2.59 bits per heavy atom. The van der Waals surface area contributed by atoms with Crippen molar-refractivity contribution in [2.75, 3.05) is 5.32 Å². The molecule has 0 fully saturated rings. The molecule has 6 nitrogen and oxygen atoms in total. The second-order valence-electron chi connectivity index (χ2n) is 6.30. The standard InChI is InChI=1S/C22H16FN3O3/c23-17-9-8-15(18(27)12-17)11-19(28)25-22-20(16-7-4-10-24-13-16)26-21(29-22)14-5-2-1-3-6-14/h1-10,12-13,27H,11H2,(H,25,28). The van der Waals surface area contributed by atoms with Crippen molar-refractivity contribution in [3.05, 3.63) is 84.4 Å². The molecule has 4 rings (SSSR count). The summed E-state index contributed by atoms with van der Waals surface area (Å²) in [6.45, 7) is 0. The maximum absolute atomic E-state index is 13.1. The molecule has 0 unspecified atom stereocenters. The second kappa shape index (κ2) is 7.93. The first-order chi connectivity index (χ1) is 14.1. The van der Waals surface area contributed by atoms with E-state index < -0.39 is 11.7 Å². The van der Waals surface area contributed by atoms with Crippen LogP contribution in [0.3, 0.4) is 0 Å². The van der Waals surface area contributed by atoms with Gasteiger partial charge in [-0.05, 0) is 30.3 Å². The van der Waals surface area contributed by atoms with Crippen LogP contribution in [0.25, 0.3) is 22.7 Å². The lowest BCUT2D eigenvalue weighted by Crippen LogP contribution is -2.14. The molecular formula is C22H16FN3O3. The van der Waals surface area contributed by atoms with E-state index in [0.29, 0.717) is 22.7 Å². The average molecular weight is 389 g/mol. The summed E-state index contributed by atoms with van der Waals surface area (Å²) in [5, 5.41) is 12.5. The Bertz CT molecular complexity index is 1140. The van der Waals surface area contributed by atoms with Crippen molar-refractivity contribution in [3.63, 3.8) is 0 Å². The fraction of sp³-hybridized carbons (Fsp3) is 0.0455. The summed E-state index contributed by atoms with van der Waals surface area (Å²) in [6.07, 6.45) is 3.10. The molecule has 4 aromatic rings. The normalized spacial score (nSPS) is 10.7. The molecule has 0 saturated carbocycles. The molecule has 0 aliphatic heterocycles. The van der Waals surface area contributed by atoms with E-state index in [9.17, 15) is 14.3 Å². The van der Waals surface area contributed by atoms with Crippen molar-refractivity contribution < 1.29 is 18.7 Å². The quantitative estimate of drug-likeness (QED) is 0.527. The van der Waals surface area contributed by atoms with E-state index in [1.165, 1.54) is 12.1 Å². The second-order valence-corrected chi connectivity index (χ2v) is 6.30. The van der Waals surface area contributed by atoms with Crippen LogP contribution in [0, 0.1) is 5.82 Å². The third kappa shape index (κ3) is 4.14. The number of aromatic hydroxyl groups is 1. The van der Waals surface area contributed by atoms with Crippen molar-refractivity contribution in [2.24, 2.45) is 0 Å². The van der Waals surface area contributed by atoms with Crippen LogP contribution in [0.2, 0.25) is 0 Å². The predicted octanol–water partition coefficient (Wildman–Crippen LogP) is 4.43. The summed E-state index contributed by atoms with van der Waals surface area (Å²) >= 11 is 0. The lowest BCUT2D eigenvalue weighted by molar-refractivity contribution is -0.115. The number of phenolic OH excluding ortho intramolecular Hbond substituents is 1. The molecular weight excluding hydrogens is 373 g/mol. The number of amides is 1. The highest BCUT2D eigenvalue weighted by Gasteiger charge is 2.19. The van der Waals surface area contributed by atoms with Gasteiger partial charge in [-0.3, -0.25) is 15.1 Å². The van der Waals surface area contributed by atoms with Crippen LogP contribution in [-0.4, -0.2) is 21.0 Å². The number of aromatic nitrogens is 2. The van der Waals surface area contributed by atoms with Gasteiger partial charge >= 0.3 is 0 Å². The molecule has 2 aromatic carbocycles. The molecule has 2 N–H and O–H groups in total. The van der Waals surface area contributed by atoms with Gasteiger partial charge in [0.2, 0.25) is 17.7 Å². The van der Waals surface area contributed by atoms with Crippen molar-refractivity contribution in [1.29, 1.82) is 0 Å². The number of carbonyl (C=O) groups is 1. The summed E-state index contributed by atoms with van der Waals surface area (Å²) in [4.78, 5) is 21.1. The van der Waals surface area contributed by atoms with Gasteiger partial charge in [0.15, 0.2) is 0 Å². The number of rotatable bonds is 5. The first kappa shape index (κ1) is 18.4. The highest BCUT2D eigenvalue weighted by molar-refractivity contribution is 5.94. The summed E-state index contributed by atoms with van der Waals surface area (Å²) < 4.78 is 19.0. The van der Waals surface area contributed by atoms with Gasteiger partial charge in [-0.25, -0.2) is 9.37 Å². The number of nitrogens with one attached hydrogen (secondary N) is 1. The van der Waals surface area contributed by atoms with Crippen LogP contribution in [0.1, 0.15) is 5.56 Å².